The molecule has 1 saturated heterocycles. The van der Waals surface area contributed by atoms with E-state index < -0.39 is 0 Å². The quantitative estimate of drug-likeness (QED) is 0.790. The summed E-state index contributed by atoms with van der Waals surface area (Å²) in [5.74, 6) is 0.646. The predicted octanol–water partition coefficient (Wildman–Crippen LogP) is 1.60. The van der Waals surface area contributed by atoms with E-state index in [1.807, 2.05) is 24.3 Å². The van der Waals surface area contributed by atoms with Crippen molar-refractivity contribution in [2.45, 2.75) is 19.3 Å². The van der Waals surface area contributed by atoms with Crippen LogP contribution in [0.1, 0.15) is 19.3 Å². The number of rotatable bonds is 6. The van der Waals surface area contributed by atoms with Crippen LogP contribution in [0.3, 0.4) is 0 Å². The van der Waals surface area contributed by atoms with Crippen LogP contribution in [0, 0.1) is 5.92 Å². The molecule has 3 rings (SSSR count). The number of amides is 2. The molecule has 0 spiro atoms. The van der Waals surface area contributed by atoms with Gasteiger partial charge in [-0.25, -0.2) is 9.48 Å². The van der Waals surface area contributed by atoms with Gasteiger partial charge >= 0.3 is 6.03 Å². The van der Waals surface area contributed by atoms with Crippen LogP contribution in [-0.2, 0) is 4.74 Å². The molecular formula is C15H20N6O2. The lowest BCUT2D eigenvalue weighted by atomic mass is 10.0. The number of tetrazole rings is 1. The van der Waals surface area contributed by atoms with E-state index in [0.29, 0.717) is 18.2 Å². The van der Waals surface area contributed by atoms with E-state index in [-0.39, 0.29) is 6.03 Å². The molecule has 8 heteroatoms. The molecule has 1 aliphatic heterocycles. The van der Waals surface area contributed by atoms with Crippen LogP contribution in [0.25, 0.3) is 5.69 Å². The lowest BCUT2D eigenvalue weighted by Gasteiger charge is -2.10. The van der Waals surface area contributed by atoms with Gasteiger partial charge in [-0.3, -0.25) is 0 Å². The number of aromatic nitrogens is 4. The van der Waals surface area contributed by atoms with Crippen molar-refractivity contribution >= 4 is 11.7 Å². The molecule has 0 unspecified atom stereocenters. The molecule has 1 aromatic heterocycles. The highest BCUT2D eigenvalue weighted by Gasteiger charge is 2.14. The summed E-state index contributed by atoms with van der Waals surface area (Å²) in [6, 6.07) is 7.13. The zero-order chi connectivity index (χ0) is 15.9. The smallest absolute Gasteiger partial charge is 0.319 e. The normalized spacial score (nSPS) is 17.1. The van der Waals surface area contributed by atoms with Crippen LogP contribution in [0.5, 0.6) is 0 Å². The largest absolute Gasteiger partial charge is 0.381 e. The Morgan fingerprint density at radius 3 is 3.17 bits per heavy atom. The maximum absolute atomic E-state index is 11.9. The third kappa shape index (κ3) is 4.49. The van der Waals surface area contributed by atoms with Gasteiger partial charge in [-0.15, -0.1) is 5.10 Å². The first-order chi connectivity index (χ1) is 11.3. The van der Waals surface area contributed by atoms with E-state index in [1.165, 1.54) is 11.0 Å². The zero-order valence-corrected chi connectivity index (χ0v) is 12.8. The molecule has 0 bridgehead atoms. The SMILES string of the molecule is O=C(NCCC[C@@H]1CCOC1)Nc1cccc(-n2cnnn2)c1. The number of carbonyl (C=O) groups excluding carboxylic acids is 1. The number of ether oxygens (including phenoxy) is 1. The van der Waals surface area contributed by atoms with Crippen molar-refractivity contribution in [3.63, 3.8) is 0 Å². The van der Waals surface area contributed by atoms with Crippen molar-refractivity contribution in [3.8, 4) is 5.69 Å². The number of hydrogen-bond acceptors (Lipinski definition) is 5. The number of hydrogen-bond donors (Lipinski definition) is 2. The maximum Gasteiger partial charge on any atom is 0.319 e. The van der Waals surface area contributed by atoms with Crippen molar-refractivity contribution in [1.29, 1.82) is 0 Å². The molecule has 0 radical (unpaired) electrons. The highest BCUT2D eigenvalue weighted by atomic mass is 16.5. The lowest BCUT2D eigenvalue weighted by molar-refractivity contribution is 0.184. The number of urea groups is 1. The summed E-state index contributed by atoms with van der Waals surface area (Å²) >= 11 is 0. The Morgan fingerprint density at radius 2 is 2.39 bits per heavy atom. The summed E-state index contributed by atoms with van der Waals surface area (Å²) in [5, 5.41) is 16.7. The van der Waals surface area contributed by atoms with Gasteiger partial charge in [-0.2, -0.15) is 0 Å². The van der Waals surface area contributed by atoms with E-state index in [0.717, 1.165) is 38.2 Å². The Bertz CT molecular complexity index is 625. The third-order valence-electron chi connectivity index (χ3n) is 3.82. The Kier molecular flexibility index (Phi) is 5.15. The molecule has 1 aromatic carbocycles. The average Bonchev–Trinajstić information content (AvgIpc) is 3.25. The van der Waals surface area contributed by atoms with Crippen molar-refractivity contribution in [2.75, 3.05) is 25.1 Å². The molecule has 1 fully saturated rings. The second-order valence-corrected chi connectivity index (χ2v) is 5.56. The summed E-state index contributed by atoms with van der Waals surface area (Å²) in [4.78, 5) is 11.9. The zero-order valence-electron chi connectivity index (χ0n) is 12.8. The Morgan fingerprint density at radius 1 is 1.43 bits per heavy atom. The van der Waals surface area contributed by atoms with Crippen LogP contribution in [0.4, 0.5) is 10.5 Å². The van der Waals surface area contributed by atoms with Crippen LogP contribution in [0.15, 0.2) is 30.6 Å². The maximum atomic E-state index is 11.9. The second-order valence-electron chi connectivity index (χ2n) is 5.56. The Hall–Kier alpha value is -2.48. The Balaban J connectivity index is 1.43. The number of carbonyl (C=O) groups is 1. The molecule has 0 saturated carbocycles. The van der Waals surface area contributed by atoms with Crippen LogP contribution in [-0.4, -0.2) is 46.0 Å². The summed E-state index contributed by atoms with van der Waals surface area (Å²) in [5.41, 5.74) is 1.48. The first-order valence-electron chi connectivity index (χ1n) is 7.77. The van der Waals surface area contributed by atoms with Crippen molar-refractivity contribution in [1.82, 2.24) is 25.5 Å². The fourth-order valence-corrected chi connectivity index (χ4v) is 2.58. The summed E-state index contributed by atoms with van der Waals surface area (Å²) in [6.07, 6.45) is 4.70. The van der Waals surface area contributed by atoms with Crippen LogP contribution >= 0.6 is 0 Å². The van der Waals surface area contributed by atoms with Gasteiger partial charge in [0.1, 0.15) is 6.33 Å². The minimum absolute atomic E-state index is 0.207. The van der Waals surface area contributed by atoms with Crippen molar-refractivity contribution < 1.29 is 9.53 Å². The fraction of sp³-hybridized carbons (Fsp3) is 0.467. The van der Waals surface area contributed by atoms with Gasteiger partial charge in [0.25, 0.3) is 0 Å². The highest BCUT2D eigenvalue weighted by molar-refractivity contribution is 5.89. The molecule has 1 atom stereocenters. The van der Waals surface area contributed by atoms with Gasteiger partial charge < -0.3 is 15.4 Å². The average molecular weight is 316 g/mol. The number of nitrogens with zero attached hydrogens (tertiary/aromatic N) is 4. The van der Waals surface area contributed by atoms with Gasteiger partial charge in [0, 0.05) is 25.4 Å². The predicted molar refractivity (Wildman–Crippen MR) is 84.3 cm³/mol. The number of anilines is 1. The fourth-order valence-electron chi connectivity index (χ4n) is 2.58. The van der Waals surface area contributed by atoms with Gasteiger partial charge in [-0.1, -0.05) is 6.07 Å². The molecule has 1 aliphatic rings. The molecule has 2 N–H and O–H groups in total. The molecule has 2 amide bonds. The highest BCUT2D eigenvalue weighted by Crippen LogP contribution is 2.17. The van der Waals surface area contributed by atoms with Gasteiger partial charge in [0.2, 0.25) is 0 Å². The van der Waals surface area contributed by atoms with Gasteiger partial charge in [-0.05, 0) is 53.8 Å². The molecular weight excluding hydrogens is 296 g/mol. The molecule has 122 valence electrons. The van der Waals surface area contributed by atoms with Gasteiger partial charge in [0.15, 0.2) is 0 Å². The first kappa shape index (κ1) is 15.4. The Labute approximate surface area is 134 Å². The second kappa shape index (κ2) is 7.68. The molecule has 23 heavy (non-hydrogen) atoms. The molecule has 2 heterocycles. The van der Waals surface area contributed by atoms with Crippen LogP contribution < -0.4 is 10.6 Å². The summed E-state index contributed by atoms with van der Waals surface area (Å²) in [6.45, 7) is 2.39. The van der Waals surface area contributed by atoms with E-state index in [1.54, 1.807) is 0 Å². The minimum atomic E-state index is -0.207. The summed E-state index contributed by atoms with van der Waals surface area (Å²) in [7, 11) is 0. The summed E-state index contributed by atoms with van der Waals surface area (Å²) < 4.78 is 6.87. The van der Waals surface area contributed by atoms with Crippen LogP contribution in [0.2, 0.25) is 0 Å². The minimum Gasteiger partial charge on any atom is -0.381 e. The third-order valence-corrected chi connectivity index (χ3v) is 3.82. The first-order valence-corrected chi connectivity index (χ1v) is 7.77. The van der Waals surface area contributed by atoms with Crippen molar-refractivity contribution in [2.24, 2.45) is 5.92 Å². The van der Waals surface area contributed by atoms with E-state index in [4.69, 9.17) is 4.74 Å². The number of nitrogens with one attached hydrogen (secondary N) is 2. The lowest BCUT2D eigenvalue weighted by Crippen LogP contribution is -2.29. The topological polar surface area (TPSA) is 94.0 Å². The van der Waals surface area contributed by atoms with E-state index >= 15 is 0 Å². The monoisotopic (exact) mass is 316 g/mol. The van der Waals surface area contributed by atoms with Gasteiger partial charge in [0.05, 0.1) is 5.69 Å². The van der Waals surface area contributed by atoms with Crippen molar-refractivity contribution in [3.05, 3.63) is 30.6 Å². The molecule has 0 aliphatic carbocycles. The molecule has 8 nitrogen and oxygen atoms in total. The number of benzene rings is 1. The van der Waals surface area contributed by atoms with E-state index in [2.05, 4.69) is 26.2 Å². The molecule has 2 aromatic rings. The standard InChI is InChI=1S/C15H20N6O2/c22-15(16-7-2-3-12-6-8-23-10-12)18-13-4-1-5-14(9-13)21-11-17-19-20-21/h1,4-5,9,11-12H,2-3,6-8,10H2,(H2,16,18,22)/t12-/m1/s1. The van der Waals surface area contributed by atoms with E-state index in [9.17, 15) is 4.79 Å².